The molecule has 0 saturated heterocycles. The largest absolute Gasteiger partial charge is 0.336 e. The highest BCUT2D eigenvalue weighted by atomic mass is 32.1. The Morgan fingerprint density at radius 2 is 1.67 bits per heavy atom. The van der Waals surface area contributed by atoms with E-state index in [1.165, 1.54) is 29.5 Å². The average molecular weight is 424 g/mol. The third-order valence-corrected chi connectivity index (χ3v) is 4.90. The Morgan fingerprint density at radius 1 is 0.900 bits per heavy atom. The molecule has 3 rings (SSSR count). The second kappa shape index (κ2) is 9.43. The second-order valence-electron chi connectivity index (χ2n) is 6.05. The van der Waals surface area contributed by atoms with Crippen LogP contribution in [0, 0.1) is 10.1 Å². The van der Waals surface area contributed by atoms with Crippen LogP contribution in [0.4, 0.5) is 5.69 Å². The first-order valence-electron chi connectivity index (χ1n) is 8.69. The Hall–Kier alpha value is -4.05. The predicted molar refractivity (Wildman–Crippen MR) is 110 cm³/mol. The number of rotatable bonds is 6. The van der Waals surface area contributed by atoms with Gasteiger partial charge in [-0.25, -0.2) is 0 Å². The van der Waals surface area contributed by atoms with E-state index in [1.54, 1.807) is 47.8 Å². The molecule has 0 aliphatic carbocycles. The van der Waals surface area contributed by atoms with E-state index in [0.29, 0.717) is 10.4 Å². The molecule has 0 radical (unpaired) electrons. The van der Waals surface area contributed by atoms with Gasteiger partial charge < -0.3 is 5.32 Å². The Kier molecular flexibility index (Phi) is 6.50. The van der Waals surface area contributed by atoms with Crippen LogP contribution < -0.4 is 16.2 Å². The molecule has 30 heavy (non-hydrogen) atoms. The van der Waals surface area contributed by atoms with E-state index in [2.05, 4.69) is 16.2 Å². The minimum Gasteiger partial charge on any atom is -0.336 e. The minimum absolute atomic E-state index is 0.00313. The van der Waals surface area contributed by atoms with Gasteiger partial charge in [-0.3, -0.25) is 35.3 Å². The minimum atomic E-state index is -1.06. The van der Waals surface area contributed by atoms with Crippen LogP contribution in [0.15, 0.2) is 72.1 Å². The van der Waals surface area contributed by atoms with Crippen LogP contribution in [0.25, 0.3) is 0 Å². The van der Waals surface area contributed by atoms with E-state index in [0.717, 1.165) is 6.07 Å². The van der Waals surface area contributed by atoms with Gasteiger partial charge in [-0.2, -0.15) is 0 Å². The first-order valence-corrected chi connectivity index (χ1v) is 9.57. The monoisotopic (exact) mass is 424 g/mol. The summed E-state index contributed by atoms with van der Waals surface area (Å²) in [6, 6.07) is 15.9. The summed E-state index contributed by atoms with van der Waals surface area (Å²) in [5.74, 6) is -1.84. The molecule has 1 heterocycles. The highest BCUT2D eigenvalue weighted by Gasteiger charge is 2.24. The zero-order chi connectivity index (χ0) is 21.5. The molecule has 3 aromatic rings. The molecule has 0 fully saturated rings. The summed E-state index contributed by atoms with van der Waals surface area (Å²) in [5.41, 5.74) is 4.74. The molecule has 2 aromatic carbocycles. The van der Waals surface area contributed by atoms with Crippen LogP contribution in [0.5, 0.6) is 0 Å². The molecular formula is C20H16N4O5S. The number of nitro groups is 1. The maximum absolute atomic E-state index is 12.7. The lowest BCUT2D eigenvalue weighted by atomic mass is 10.1. The van der Waals surface area contributed by atoms with Crippen molar-refractivity contribution in [2.24, 2.45) is 0 Å². The lowest BCUT2D eigenvalue weighted by molar-refractivity contribution is -0.384. The van der Waals surface area contributed by atoms with Crippen molar-refractivity contribution in [1.82, 2.24) is 16.2 Å². The summed E-state index contributed by atoms with van der Waals surface area (Å²) in [7, 11) is 0. The summed E-state index contributed by atoms with van der Waals surface area (Å²) in [4.78, 5) is 48.1. The Bertz CT molecular complexity index is 1070. The van der Waals surface area contributed by atoms with Crippen molar-refractivity contribution in [2.75, 3.05) is 0 Å². The van der Waals surface area contributed by atoms with Gasteiger partial charge in [-0.05, 0) is 23.1 Å². The van der Waals surface area contributed by atoms with Gasteiger partial charge in [-0.15, -0.1) is 11.3 Å². The first kappa shape index (κ1) is 20.7. The quantitative estimate of drug-likeness (QED) is 0.414. The number of amides is 3. The summed E-state index contributed by atoms with van der Waals surface area (Å²) in [6.07, 6.45) is 0. The number of carbonyl (C=O) groups is 3. The number of nitrogens with zero attached hydrogens (tertiary/aromatic N) is 1. The molecule has 3 N–H and O–H groups in total. The van der Waals surface area contributed by atoms with Crippen LogP contribution in [-0.2, 0) is 4.79 Å². The summed E-state index contributed by atoms with van der Waals surface area (Å²) < 4.78 is 0. The lowest BCUT2D eigenvalue weighted by Crippen LogP contribution is -2.48. The molecule has 0 spiro atoms. The number of hydrogen-bond acceptors (Lipinski definition) is 6. The molecular weight excluding hydrogens is 408 g/mol. The van der Waals surface area contributed by atoms with Crippen molar-refractivity contribution in [3.63, 3.8) is 0 Å². The SMILES string of the molecule is O=C(NNC(=O)C(NC(=O)c1cccs1)c1ccccc1)c1cccc([N+](=O)[O-])c1. The van der Waals surface area contributed by atoms with E-state index in [9.17, 15) is 24.5 Å². The molecule has 1 atom stereocenters. The van der Waals surface area contributed by atoms with Gasteiger partial charge in [0.2, 0.25) is 0 Å². The number of benzene rings is 2. The number of hydrogen-bond donors (Lipinski definition) is 3. The lowest BCUT2D eigenvalue weighted by Gasteiger charge is -2.19. The van der Waals surface area contributed by atoms with Gasteiger partial charge in [0.05, 0.1) is 9.80 Å². The molecule has 0 aliphatic rings. The van der Waals surface area contributed by atoms with Crippen LogP contribution in [0.3, 0.4) is 0 Å². The zero-order valence-corrected chi connectivity index (χ0v) is 16.2. The maximum atomic E-state index is 12.7. The predicted octanol–water partition coefficient (Wildman–Crippen LogP) is 2.59. The zero-order valence-electron chi connectivity index (χ0n) is 15.4. The maximum Gasteiger partial charge on any atom is 0.270 e. The van der Waals surface area contributed by atoms with Crippen molar-refractivity contribution >= 4 is 34.7 Å². The number of nitro benzene ring substituents is 1. The Morgan fingerprint density at radius 3 is 2.33 bits per heavy atom. The molecule has 152 valence electrons. The van der Waals surface area contributed by atoms with E-state index in [-0.39, 0.29) is 11.3 Å². The molecule has 3 amide bonds. The van der Waals surface area contributed by atoms with Crippen molar-refractivity contribution in [3.05, 3.63) is 98.2 Å². The number of non-ortho nitro benzene ring substituents is 1. The molecule has 1 aromatic heterocycles. The highest BCUT2D eigenvalue weighted by Crippen LogP contribution is 2.16. The van der Waals surface area contributed by atoms with Crippen LogP contribution in [0.2, 0.25) is 0 Å². The van der Waals surface area contributed by atoms with Gasteiger partial charge in [0.1, 0.15) is 6.04 Å². The Balaban J connectivity index is 1.71. The van der Waals surface area contributed by atoms with E-state index in [4.69, 9.17) is 0 Å². The van der Waals surface area contributed by atoms with E-state index >= 15 is 0 Å². The number of thiophene rings is 1. The number of carbonyl (C=O) groups excluding carboxylic acids is 3. The van der Waals surface area contributed by atoms with E-state index < -0.39 is 28.7 Å². The van der Waals surface area contributed by atoms with Gasteiger partial charge in [0, 0.05) is 17.7 Å². The molecule has 9 nitrogen and oxygen atoms in total. The van der Waals surface area contributed by atoms with Gasteiger partial charge in [-0.1, -0.05) is 42.5 Å². The van der Waals surface area contributed by atoms with Gasteiger partial charge >= 0.3 is 0 Å². The fourth-order valence-electron chi connectivity index (χ4n) is 2.58. The van der Waals surface area contributed by atoms with Crippen molar-refractivity contribution in [3.8, 4) is 0 Å². The van der Waals surface area contributed by atoms with Gasteiger partial charge in [0.25, 0.3) is 23.4 Å². The second-order valence-corrected chi connectivity index (χ2v) is 6.99. The van der Waals surface area contributed by atoms with Crippen LogP contribution >= 0.6 is 11.3 Å². The molecule has 0 saturated carbocycles. The molecule has 0 bridgehead atoms. The van der Waals surface area contributed by atoms with Crippen LogP contribution in [-0.4, -0.2) is 22.6 Å². The fourth-order valence-corrected chi connectivity index (χ4v) is 3.21. The number of hydrazine groups is 1. The Labute approximate surface area is 174 Å². The van der Waals surface area contributed by atoms with Gasteiger partial charge in [0.15, 0.2) is 0 Å². The number of nitrogens with one attached hydrogen (secondary N) is 3. The van der Waals surface area contributed by atoms with Crippen molar-refractivity contribution < 1.29 is 19.3 Å². The highest BCUT2D eigenvalue weighted by molar-refractivity contribution is 7.12. The average Bonchev–Trinajstić information content (AvgIpc) is 3.31. The third kappa shape index (κ3) is 5.06. The molecule has 0 aliphatic heterocycles. The summed E-state index contributed by atoms with van der Waals surface area (Å²) in [5, 5.41) is 15.2. The molecule has 10 heteroatoms. The van der Waals surface area contributed by atoms with E-state index in [1.807, 2.05) is 0 Å². The summed E-state index contributed by atoms with van der Waals surface area (Å²) >= 11 is 1.23. The van der Waals surface area contributed by atoms with Crippen LogP contribution in [0.1, 0.15) is 31.6 Å². The fraction of sp³-hybridized carbons (Fsp3) is 0.0500. The van der Waals surface area contributed by atoms with Crippen molar-refractivity contribution in [1.29, 1.82) is 0 Å². The van der Waals surface area contributed by atoms with Crippen molar-refractivity contribution in [2.45, 2.75) is 6.04 Å². The first-order chi connectivity index (χ1) is 14.5. The normalized spacial score (nSPS) is 11.2. The standard InChI is InChI=1S/C20H16N4O5S/c25-18(14-8-4-9-15(12-14)24(28)29)22-23-20(27)17(13-6-2-1-3-7-13)21-19(26)16-10-5-11-30-16/h1-12,17H,(H,21,26)(H,22,25)(H,23,27). The topological polar surface area (TPSA) is 130 Å². The third-order valence-electron chi connectivity index (χ3n) is 4.03. The smallest absolute Gasteiger partial charge is 0.270 e. The molecule has 1 unspecified atom stereocenters. The summed E-state index contributed by atoms with van der Waals surface area (Å²) in [6.45, 7) is 0.